The molecule has 0 radical (unpaired) electrons. The first-order valence-electron chi connectivity index (χ1n) is 5.24. The summed E-state index contributed by atoms with van der Waals surface area (Å²) in [6.45, 7) is 2.22. The van der Waals surface area contributed by atoms with Crippen LogP contribution in [0.3, 0.4) is 0 Å². The van der Waals surface area contributed by atoms with Crippen molar-refractivity contribution < 1.29 is 4.74 Å². The number of para-hydroxylation sites is 2. The van der Waals surface area contributed by atoms with Gasteiger partial charge in [-0.3, -0.25) is 0 Å². The zero-order valence-corrected chi connectivity index (χ0v) is 9.40. The molecule has 5 heteroatoms. The van der Waals surface area contributed by atoms with E-state index < -0.39 is 0 Å². The molecule has 0 fully saturated rings. The van der Waals surface area contributed by atoms with Crippen molar-refractivity contribution in [2.45, 2.75) is 6.92 Å². The quantitative estimate of drug-likeness (QED) is 0.618. The number of hydrogen-bond donors (Lipinski definition) is 2. The van der Waals surface area contributed by atoms with Gasteiger partial charge in [-0.15, -0.1) is 0 Å². The minimum Gasteiger partial charge on any atom is -0.479 e. The van der Waals surface area contributed by atoms with Gasteiger partial charge in [0.2, 0.25) is 5.88 Å². The first-order valence-corrected chi connectivity index (χ1v) is 5.24. The lowest BCUT2D eigenvalue weighted by atomic mass is 10.3. The fraction of sp³-hybridized carbons (Fsp3) is 0.167. The van der Waals surface area contributed by atoms with Gasteiger partial charge in [0.1, 0.15) is 6.07 Å². The van der Waals surface area contributed by atoms with Crippen molar-refractivity contribution in [3.8, 4) is 6.07 Å². The third kappa shape index (κ3) is 2.06. The summed E-state index contributed by atoms with van der Waals surface area (Å²) in [5, 5.41) is 9.07. The van der Waals surface area contributed by atoms with E-state index >= 15 is 0 Å². The fourth-order valence-electron chi connectivity index (χ4n) is 1.52. The van der Waals surface area contributed by atoms with E-state index in [0.29, 0.717) is 12.4 Å². The van der Waals surface area contributed by atoms with Crippen LogP contribution in [0.25, 0.3) is 16.6 Å². The van der Waals surface area contributed by atoms with Crippen LogP contribution in [-0.4, -0.2) is 16.6 Å². The SMILES string of the molecule is CCO/C(N)=C(\C#N)c1nc2ccccc2[nH]1. The molecule has 0 aliphatic rings. The van der Waals surface area contributed by atoms with E-state index in [9.17, 15) is 0 Å². The summed E-state index contributed by atoms with van der Waals surface area (Å²) in [6.07, 6.45) is 0. The largest absolute Gasteiger partial charge is 0.479 e. The predicted molar refractivity (Wildman–Crippen MR) is 64.4 cm³/mol. The second-order valence-electron chi connectivity index (χ2n) is 3.39. The van der Waals surface area contributed by atoms with Crippen molar-refractivity contribution in [1.82, 2.24) is 9.97 Å². The van der Waals surface area contributed by atoms with Crippen molar-refractivity contribution in [2.75, 3.05) is 6.61 Å². The third-order valence-electron chi connectivity index (χ3n) is 2.28. The van der Waals surface area contributed by atoms with E-state index in [-0.39, 0.29) is 11.5 Å². The minimum atomic E-state index is 0.0917. The molecule has 1 aromatic heterocycles. The second-order valence-corrected chi connectivity index (χ2v) is 3.39. The molecule has 0 saturated carbocycles. The summed E-state index contributed by atoms with van der Waals surface area (Å²) in [5.41, 5.74) is 7.54. The van der Waals surface area contributed by atoms with Crippen LogP contribution in [0.15, 0.2) is 30.1 Å². The summed E-state index contributed by atoms with van der Waals surface area (Å²) in [7, 11) is 0. The minimum absolute atomic E-state index is 0.0917. The highest BCUT2D eigenvalue weighted by atomic mass is 16.5. The number of benzene rings is 1. The maximum absolute atomic E-state index is 9.07. The highest BCUT2D eigenvalue weighted by molar-refractivity contribution is 5.82. The Kier molecular flexibility index (Phi) is 2.97. The predicted octanol–water partition coefficient (Wildman–Crippen LogP) is 1.75. The second kappa shape index (κ2) is 4.58. The molecule has 0 atom stereocenters. The van der Waals surface area contributed by atoms with Crippen LogP contribution in [0.4, 0.5) is 0 Å². The molecule has 86 valence electrons. The topological polar surface area (TPSA) is 87.7 Å². The number of hydrogen-bond acceptors (Lipinski definition) is 4. The molecule has 0 bridgehead atoms. The Morgan fingerprint density at radius 1 is 1.53 bits per heavy atom. The molecule has 0 aliphatic heterocycles. The van der Waals surface area contributed by atoms with Crippen molar-refractivity contribution in [1.29, 1.82) is 5.26 Å². The van der Waals surface area contributed by atoms with Gasteiger partial charge in [-0.1, -0.05) is 12.1 Å². The number of nitrogens with two attached hydrogens (primary N) is 1. The Hall–Kier alpha value is -2.48. The smallest absolute Gasteiger partial charge is 0.206 e. The summed E-state index contributed by atoms with van der Waals surface area (Å²) < 4.78 is 5.12. The van der Waals surface area contributed by atoms with Gasteiger partial charge in [-0.05, 0) is 19.1 Å². The Bertz CT molecular complexity index is 573. The molecule has 0 unspecified atom stereocenters. The maximum Gasteiger partial charge on any atom is 0.206 e. The van der Waals surface area contributed by atoms with Crippen LogP contribution in [0.1, 0.15) is 12.7 Å². The number of aromatic nitrogens is 2. The molecule has 0 saturated heterocycles. The van der Waals surface area contributed by atoms with E-state index in [1.54, 1.807) is 6.92 Å². The number of H-pyrrole nitrogens is 1. The lowest BCUT2D eigenvalue weighted by Gasteiger charge is -2.03. The Morgan fingerprint density at radius 3 is 2.94 bits per heavy atom. The van der Waals surface area contributed by atoms with Crippen molar-refractivity contribution in [2.24, 2.45) is 5.73 Å². The number of ether oxygens (including phenoxy) is 1. The molecule has 0 spiro atoms. The Morgan fingerprint density at radius 2 is 2.29 bits per heavy atom. The van der Waals surface area contributed by atoms with Gasteiger partial charge < -0.3 is 15.5 Å². The highest BCUT2D eigenvalue weighted by Gasteiger charge is 2.12. The summed E-state index contributed by atoms with van der Waals surface area (Å²) >= 11 is 0. The van der Waals surface area contributed by atoms with E-state index in [1.165, 1.54) is 0 Å². The van der Waals surface area contributed by atoms with Crippen LogP contribution in [-0.2, 0) is 4.74 Å². The Labute approximate surface area is 98.5 Å². The molecular weight excluding hydrogens is 216 g/mol. The van der Waals surface area contributed by atoms with E-state index in [4.69, 9.17) is 15.7 Å². The van der Waals surface area contributed by atoms with Gasteiger partial charge in [-0.2, -0.15) is 5.26 Å². The lowest BCUT2D eigenvalue weighted by molar-refractivity contribution is 0.228. The highest BCUT2D eigenvalue weighted by Crippen LogP contribution is 2.17. The van der Waals surface area contributed by atoms with Crippen LogP contribution < -0.4 is 5.73 Å². The molecular formula is C12H12N4O. The molecule has 0 aliphatic carbocycles. The number of imidazole rings is 1. The number of aromatic amines is 1. The number of allylic oxidation sites excluding steroid dienone is 1. The maximum atomic E-state index is 9.07. The van der Waals surface area contributed by atoms with Crippen LogP contribution in [0.5, 0.6) is 0 Å². The first-order chi connectivity index (χ1) is 8.26. The first kappa shape index (κ1) is 11.0. The van der Waals surface area contributed by atoms with Crippen LogP contribution in [0, 0.1) is 11.3 Å². The van der Waals surface area contributed by atoms with Crippen molar-refractivity contribution in [3.05, 3.63) is 36.0 Å². The van der Waals surface area contributed by atoms with Crippen LogP contribution in [0.2, 0.25) is 0 Å². The zero-order valence-electron chi connectivity index (χ0n) is 9.40. The Balaban J connectivity index is 2.52. The van der Waals surface area contributed by atoms with Gasteiger partial charge in [0.15, 0.2) is 11.4 Å². The molecule has 0 amide bonds. The van der Waals surface area contributed by atoms with Crippen molar-refractivity contribution >= 4 is 16.6 Å². The van der Waals surface area contributed by atoms with Crippen LogP contribution >= 0.6 is 0 Å². The monoisotopic (exact) mass is 228 g/mol. The summed E-state index contributed by atoms with van der Waals surface area (Å²) in [4.78, 5) is 7.33. The number of nitrogens with one attached hydrogen (secondary N) is 1. The molecule has 2 aromatic rings. The number of nitriles is 1. The van der Waals surface area contributed by atoms with Crippen molar-refractivity contribution in [3.63, 3.8) is 0 Å². The summed E-state index contributed by atoms with van der Waals surface area (Å²) in [5.74, 6) is 0.522. The van der Waals surface area contributed by atoms with Gasteiger partial charge in [0.05, 0.1) is 17.6 Å². The number of rotatable bonds is 3. The van der Waals surface area contributed by atoms with Gasteiger partial charge in [-0.25, -0.2) is 4.98 Å². The van der Waals surface area contributed by atoms with Gasteiger partial charge in [0.25, 0.3) is 0 Å². The number of nitrogens with zero attached hydrogens (tertiary/aromatic N) is 2. The normalized spacial score (nSPS) is 12.0. The zero-order chi connectivity index (χ0) is 12.3. The van der Waals surface area contributed by atoms with E-state index in [2.05, 4.69) is 9.97 Å². The molecule has 5 nitrogen and oxygen atoms in total. The molecule has 1 heterocycles. The standard InChI is InChI=1S/C12H12N4O/c1-2-17-11(14)8(7-13)12-15-9-5-3-4-6-10(9)16-12/h3-6H,2,14H2,1H3,(H,15,16)/b11-8+. The molecule has 17 heavy (non-hydrogen) atoms. The van der Waals surface area contributed by atoms with Gasteiger partial charge >= 0.3 is 0 Å². The molecule has 1 aromatic carbocycles. The fourth-order valence-corrected chi connectivity index (χ4v) is 1.52. The van der Waals surface area contributed by atoms with E-state index in [0.717, 1.165) is 11.0 Å². The van der Waals surface area contributed by atoms with Gasteiger partial charge in [0, 0.05) is 0 Å². The third-order valence-corrected chi connectivity index (χ3v) is 2.28. The average molecular weight is 228 g/mol. The van der Waals surface area contributed by atoms with E-state index in [1.807, 2.05) is 30.3 Å². The lowest BCUT2D eigenvalue weighted by Crippen LogP contribution is -2.06. The average Bonchev–Trinajstić information content (AvgIpc) is 2.73. The number of fused-ring (bicyclic) bond motifs is 1. The summed E-state index contributed by atoms with van der Waals surface area (Å²) in [6, 6.07) is 9.53. The molecule has 2 rings (SSSR count). The molecule has 3 N–H and O–H groups in total.